The minimum absolute atomic E-state index is 0.228. The smallest absolute Gasteiger partial charge is 0.230 e. The standard InChI is InChI=1S/C18H37N5O2/c1-19-17(20-11-13-23(4)12-8-14-25-5)21-15-18(9-6-7-10-18)16(24)22(2)3/h6-15H2,1-5H3,(H2,19,20,21). The Bertz CT molecular complexity index is 420. The number of amides is 1. The molecule has 0 spiro atoms. The van der Waals surface area contributed by atoms with E-state index in [-0.39, 0.29) is 11.3 Å². The highest BCUT2D eigenvalue weighted by Crippen LogP contribution is 2.38. The average Bonchev–Trinajstić information content (AvgIpc) is 3.07. The first-order valence-corrected chi connectivity index (χ1v) is 9.29. The van der Waals surface area contributed by atoms with Gasteiger partial charge in [0.05, 0.1) is 5.41 Å². The van der Waals surface area contributed by atoms with Crippen LogP contribution in [-0.2, 0) is 9.53 Å². The lowest BCUT2D eigenvalue weighted by Gasteiger charge is -2.31. The summed E-state index contributed by atoms with van der Waals surface area (Å²) in [6, 6.07) is 0. The minimum atomic E-state index is -0.280. The van der Waals surface area contributed by atoms with Gasteiger partial charge in [0.15, 0.2) is 5.96 Å². The molecular weight excluding hydrogens is 318 g/mol. The van der Waals surface area contributed by atoms with Gasteiger partial charge < -0.3 is 25.2 Å². The summed E-state index contributed by atoms with van der Waals surface area (Å²) in [5.41, 5.74) is -0.280. The van der Waals surface area contributed by atoms with Crippen LogP contribution in [-0.4, -0.2) is 89.8 Å². The van der Waals surface area contributed by atoms with E-state index in [2.05, 4.69) is 27.6 Å². The predicted molar refractivity (Wildman–Crippen MR) is 103 cm³/mol. The molecule has 0 aliphatic heterocycles. The lowest BCUT2D eigenvalue weighted by Crippen LogP contribution is -2.49. The van der Waals surface area contributed by atoms with Gasteiger partial charge >= 0.3 is 0 Å². The average molecular weight is 356 g/mol. The molecule has 1 saturated carbocycles. The fourth-order valence-corrected chi connectivity index (χ4v) is 3.42. The van der Waals surface area contributed by atoms with Crippen molar-refractivity contribution < 1.29 is 9.53 Å². The number of methoxy groups -OCH3 is 1. The molecule has 146 valence electrons. The van der Waals surface area contributed by atoms with Crippen molar-refractivity contribution in [2.45, 2.75) is 32.1 Å². The molecule has 0 aromatic rings. The molecule has 0 unspecified atom stereocenters. The highest BCUT2D eigenvalue weighted by Gasteiger charge is 2.42. The maximum Gasteiger partial charge on any atom is 0.230 e. The number of hydrogen-bond donors (Lipinski definition) is 2. The molecule has 1 aliphatic carbocycles. The SMILES string of the molecule is CN=C(NCCN(C)CCCOC)NCC1(C(=O)N(C)C)CCCC1. The number of guanidine groups is 1. The van der Waals surface area contributed by atoms with E-state index < -0.39 is 0 Å². The molecule has 7 nitrogen and oxygen atoms in total. The molecule has 1 amide bonds. The summed E-state index contributed by atoms with van der Waals surface area (Å²) in [6.45, 7) is 4.21. The number of carbonyl (C=O) groups is 1. The number of hydrogen-bond acceptors (Lipinski definition) is 4. The summed E-state index contributed by atoms with van der Waals surface area (Å²) in [7, 11) is 9.29. The Kier molecular flexibility index (Phi) is 9.82. The van der Waals surface area contributed by atoms with Crippen LogP contribution in [0.5, 0.6) is 0 Å². The number of nitrogens with zero attached hydrogens (tertiary/aromatic N) is 3. The van der Waals surface area contributed by atoms with Gasteiger partial charge in [0, 0.05) is 61.0 Å². The number of rotatable bonds is 10. The van der Waals surface area contributed by atoms with E-state index in [1.807, 2.05) is 14.1 Å². The van der Waals surface area contributed by atoms with Gasteiger partial charge in [-0.05, 0) is 26.3 Å². The summed E-state index contributed by atoms with van der Waals surface area (Å²) in [6.07, 6.45) is 5.20. The van der Waals surface area contributed by atoms with E-state index in [4.69, 9.17) is 4.74 Å². The first kappa shape index (κ1) is 21.7. The third-order valence-corrected chi connectivity index (χ3v) is 4.91. The van der Waals surface area contributed by atoms with Crippen molar-refractivity contribution in [3.05, 3.63) is 0 Å². The highest BCUT2D eigenvalue weighted by atomic mass is 16.5. The zero-order valence-corrected chi connectivity index (χ0v) is 16.7. The van der Waals surface area contributed by atoms with E-state index in [1.54, 1.807) is 19.1 Å². The van der Waals surface area contributed by atoms with Gasteiger partial charge in [-0.3, -0.25) is 9.79 Å². The maximum absolute atomic E-state index is 12.6. The molecule has 2 N–H and O–H groups in total. The van der Waals surface area contributed by atoms with Crippen LogP contribution in [0.2, 0.25) is 0 Å². The third-order valence-electron chi connectivity index (χ3n) is 4.91. The Morgan fingerprint density at radius 2 is 1.84 bits per heavy atom. The maximum atomic E-state index is 12.6. The van der Waals surface area contributed by atoms with Crippen molar-refractivity contribution in [1.29, 1.82) is 0 Å². The minimum Gasteiger partial charge on any atom is -0.385 e. The molecular formula is C18H37N5O2. The van der Waals surface area contributed by atoms with Crippen LogP contribution in [0.1, 0.15) is 32.1 Å². The molecule has 0 aromatic carbocycles. The van der Waals surface area contributed by atoms with E-state index in [1.165, 1.54) is 0 Å². The van der Waals surface area contributed by atoms with Crippen LogP contribution in [0.3, 0.4) is 0 Å². The number of nitrogens with one attached hydrogen (secondary N) is 2. The second-order valence-electron chi connectivity index (χ2n) is 7.19. The van der Waals surface area contributed by atoms with Crippen molar-refractivity contribution in [3.63, 3.8) is 0 Å². The molecule has 0 saturated heterocycles. The third kappa shape index (κ3) is 7.20. The van der Waals surface area contributed by atoms with Crippen LogP contribution >= 0.6 is 0 Å². The fraction of sp³-hybridized carbons (Fsp3) is 0.889. The molecule has 0 atom stereocenters. The molecule has 0 bridgehead atoms. The molecule has 1 rings (SSSR count). The Morgan fingerprint density at radius 1 is 1.16 bits per heavy atom. The number of aliphatic imine (C=N–C) groups is 1. The summed E-state index contributed by atoms with van der Waals surface area (Å²) < 4.78 is 5.08. The Hall–Kier alpha value is -1.34. The van der Waals surface area contributed by atoms with E-state index in [0.29, 0.717) is 6.54 Å². The quantitative estimate of drug-likeness (QED) is 0.344. The molecule has 0 heterocycles. The van der Waals surface area contributed by atoms with Gasteiger partial charge in [-0.2, -0.15) is 0 Å². The van der Waals surface area contributed by atoms with Crippen molar-refractivity contribution in [1.82, 2.24) is 20.4 Å². The molecule has 0 aromatic heterocycles. The number of likely N-dealkylation sites (N-methyl/N-ethyl adjacent to an activating group) is 1. The Morgan fingerprint density at radius 3 is 2.40 bits per heavy atom. The second kappa shape index (κ2) is 11.3. The van der Waals surface area contributed by atoms with Gasteiger partial charge in [0.1, 0.15) is 0 Å². The lowest BCUT2D eigenvalue weighted by molar-refractivity contribution is -0.138. The fourth-order valence-electron chi connectivity index (χ4n) is 3.42. The summed E-state index contributed by atoms with van der Waals surface area (Å²) in [4.78, 5) is 20.9. The van der Waals surface area contributed by atoms with Crippen molar-refractivity contribution in [2.75, 3.05) is 68.1 Å². The van der Waals surface area contributed by atoms with Crippen LogP contribution in [0.4, 0.5) is 0 Å². The van der Waals surface area contributed by atoms with E-state index in [0.717, 1.165) is 64.3 Å². The van der Waals surface area contributed by atoms with Gasteiger partial charge in [-0.1, -0.05) is 12.8 Å². The number of ether oxygens (including phenoxy) is 1. The van der Waals surface area contributed by atoms with E-state index >= 15 is 0 Å². The van der Waals surface area contributed by atoms with Gasteiger partial charge in [-0.25, -0.2) is 0 Å². The molecule has 25 heavy (non-hydrogen) atoms. The summed E-state index contributed by atoms with van der Waals surface area (Å²) in [5.74, 6) is 0.994. The van der Waals surface area contributed by atoms with Gasteiger partial charge in [0.25, 0.3) is 0 Å². The second-order valence-corrected chi connectivity index (χ2v) is 7.19. The monoisotopic (exact) mass is 355 g/mol. The first-order valence-electron chi connectivity index (χ1n) is 9.29. The summed E-state index contributed by atoms with van der Waals surface area (Å²) in [5, 5.41) is 6.71. The van der Waals surface area contributed by atoms with Crippen molar-refractivity contribution in [3.8, 4) is 0 Å². The topological polar surface area (TPSA) is 69.2 Å². The zero-order valence-electron chi connectivity index (χ0n) is 16.7. The summed E-state index contributed by atoms with van der Waals surface area (Å²) >= 11 is 0. The molecule has 0 radical (unpaired) electrons. The van der Waals surface area contributed by atoms with Crippen LogP contribution in [0.15, 0.2) is 4.99 Å². The molecule has 1 aliphatic rings. The lowest BCUT2D eigenvalue weighted by atomic mass is 9.84. The van der Waals surface area contributed by atoms with Crippen LogP contribution in [0.25, 0.3) is 0 Å². The van der Waals surface area contributed by atoms with Crippen molar-refractivity contribution >= 4 is 11.9 Å². The predicted octanol–water partition coefficient (Wildman–Crippen LogP) is 0.768. The Labute approximate surface area is 153 Å². The Balaban J connectivity index is 2.39. The highest BCUT2D eigenvalue weighted by molar-refractivity contribution is 5.85. The number of carbonyl (C=O) groups excluding carboxylic acids is 1. The van der Waals surface area contributed by atoms with Crippen molar-refractivity contribution in [2.24, 2.45) is 10.4 Å². The van der Waals surface area contributed by atoms with Crippen LogP contribution < -0.4 is 10.6 Å². The van der Waals surface area contributed by atoms with Gasteiger partial charge in [-0.15, -0.1) is 0 Å². The van der Waals surface area contributed by atoms with E-state index in [9.17, 15) is 4.79 Å². The van der Waals surface area contributed by atoms with Crippen LogP contribution in [0, 0.1) is 5.41 Å². The normalized spacial score (nSPS) is 17.0. The molecule has 7 heteroatoms. The molecule has 1 fully saturated rings. The first-order chi connectivity index (χ1) is 11.9. The van der Waals surface area contributed by atoms with Gasteiger partial charge in [0.2, 0.25) is 5.91 Å². The zero-order chi connectivity index (χ0) is 18.7. The largest absolute Gasteiger partial charge is 0.385 e.